The molecule has 1 fully saturated rings. The Morgan fingerprint density at radius 1 is 0.938 bits per heavy atom. The van der Waals surface area contributed by atoms with Crippen LogP contribution in [0.25, 0.3) is 0 Å². The lowest BCUT2D eigenvalue weighted by Crippen LogP contribution is -2.46. The number of rotatable bonds is 6. The molecule has 1 aliphatic rings. The minimum absolute atomic E-state index is 0.288. The molecule has 0 unspecified atom stereocenters. The molecule has 2 amide bonds. The Hall–Kier alpha value is -3.25. The topological polar surface area (TPSA) is 90.9 Å². The maximum atomic E-state index is 13.8. The van der Waals surface area contributed by atoms with E-state index in [0.29, 0.717) is 26.3 Å². The van der Waals surface area contributed by atoms with Gasteiger partial charge in [0.2, 0.25) is 11.7 Å². The van der Waals surface area contributed by atoms with E-state index in [1.165, 1.54) is 0 Å². The number of anilines is 2. The number of ether oxygens (including phenoxy) is 1. The molecule has 2 aromatic carbocycles. The van der Waals surface area contributed by atoms with Crippen LogP contribution in [-0.2, 0) is 9.53 Å². The van der Waals surface area contributed by atoms with Crippen molar-refractivity contribution in [2.24, 2.45) is 0 Å². The highest BCUT2D eigenvalue weighted by atomic mass is 19.2. The Labute approximate surface area is 178 Å². The fraction of sp³-hybridized carbons (Fsp3) is 0.300. The van der Waals surface area contributed by atoms with Gasteiger partial charge in [0.25, 0.3) is 5.91 Å². The molecule has 1 heterocycles. The summed E-state index contributed by atoms with van der Waals surface area (Å²) in [5.41, 5.74) is -0.594. The molecule has 3 rings (SSSR count). The summed E-state index contributed by atoms with van der Waals surface area (Å²) >= 11 is 0. The van der Waals surface area contributed by atoms with Gasteiger partial charge < -0.3 is 25.4 Å². The zero-order valence-electron chi connectivity index (χ0n) is 16.4. The molecule has 0 aliphatic carbocycles. The number of hydrogen-bond acceptors (Lipinski definition) is 5. The summed E-state index contributed by atoms with van der Waals surface area (Å²) in [6.45, 7) is 1.56. The molecular weight excluding hydrogens is 441 g/mol. The van der Waals surface area contributed by atoms with Crippen molar-refractivity contribution in [3.63, 3.8) is 0 Å². The Kier molecular flexibility index (Phi) is 7.26. The molecule has 1 aliphatic heterocycles. The maximum Gasteiger partial charge on any atom is 0.258 e. The van der Waals surface area contributed by atoms with Gasteiger partial charge in [0.15, 0.2) is 23.3 Å². The molecule has 12 heteroatoms. The van der Waals surface area contributed by atoms with Crippen LogP contribution >= 0.6 is 0 Å². The molecule has 0 spiro atoms. The van der Waals surface area contributed by atoms with Gasteiger partial charge in [-0.3, -0.25) is 9.59 Å². The van der Waals surface area contributed by atoms with E-state index in [9.17, 15) is 36.6 Å². The van der Waals surface area contributed by atoms with Crippen molar-refractivity contribution in [1.82, 2.24) is 5.32 Å². The number of nitrogens with one attached hydrogen (secondary N) is 2. The molecule has 2 aromatic rings. The monoisotopic (exact) mass is 459 g/mol. The van der Waals surface area contributed by atoms with Crippen LogP contribution in [0, 0.1) is 29.1 Å². The first kappa shape index (κ1) is 23.4. The van der Waals surface area contributed by atoms with Gasteiger partial charge in [-0.05, 0) is 24.3 Å². The van der Waals surface area contributed by atoms with Crippen LogP contribution in [-0.4, -0.2) is 55.9 Å². The summed E-state index contributed by atoms with van der Waals surface area (Å²) < 4.78 is 72.6. The van der Waals surface area contributed by atoms with Crippen molar-refractivity contribution < 1.29 is 41.4 Å². The number of carbonyl (C=O) groups excluding carboxylic acids is 2. The Balaban J connectivity index is 1.69. The molecule has 7 nitrogen and oxygen atoms in total. The number of morpholine rings is 1. The summed E-state index contributed by atoms with van der Waals surface area (Å²) in [6.07, 6.45) is 0. The lowest BCUT2D eigenvalue weighted by molar-refractivity contribution is -0.118. The van der Waals surface area contributed by atoms with Gasteiger partial charge in [-0.15, -0.1) is 0 Å². The van der Waals surface area contributed by atoms with Crippen LogP contribution in [0.2, 0.25) is 0 Å². The molecule has 1 saturated heterocycles. The summed E-state index contributed by atoms with van der Waals surface area (Å²) in [4.78, 5) is 26.5. The van der Waals surface area contributed by atoms with Crippen LogP contribution in [0.15, 0.2) is 24.3 Å². The smallest absolute Gasteiger partial charge is 0.258 e. The third-order valence-corrected chi connectivity index (χ3v) is 4.75. The van der Waals surface area contributed by atoms with Gasteiger partial charge in [-0.2, -0.15) is 0 Å². The summed E-state index contributed by atoms with van der Waals surface area (Å²) in [5, 5.41) is 13.5. The first-order chi connectivity index (χ1) is 15.2. The minimum atomic E-state index is -2.42. The molecule has 0 radical (unpaired) electrons. The van der Waals surface area contributed by atoms with Crippen molar-refractivity contribution in [1.29, 1.82) is 0 Å². The predicted molar refractivity (Wildman–Crippen MR) is 103 cm³/mol. The first-order valence-electron chi connectivity index (χ1n) is 9.41. The lowest BCUT2D eigenvalue weighted by atomic mass is 10.1. The van der Waals surface area contributed by atoms with E-state index in [0.717, 1.165) is 5.69 Å². The molecule has 172 valence electrons. The van der Waals surface area contributed by atoms with Gasteiger partial charge in [0, 0.05) is 24.5 Å². The second-order valence-electron chi connectivity index (χ2n) is 6.79. The second-order valence-corrected chi connectivity index (χ2v) is 6.79. The van der Waals surface area contributed by atoms with Crippen LogP contribution < -0.4 is 15.5 Å². The van der Waals surface area contributed by atoms with Crippen LogP contribution in [0.5, 0.6) is 0 Å². The van der Waals surface area contributed by atoms with Crippen molar-refractivity contribution >= 4 is 23.2 Å². The van der Waals surface area contributed by atoms with Crippen molar-refractivity contribution in [2.75, 3.05) is 43.1 Å². The second kappa shape index (κ2) is 9.92. The first-order valence-corrected chi connectivity index (χ1v) is 9.41. The van der Waals surface area contributed by atoms with E-state index in [1.54, 1.807) is 29.6 Å². The van der Waals surface area contributed by atoms with E-state index in [-0.39, 0.29) is 5.69 Å². The highest BCUT2D eigenvalue weighted by molar-refractivity contribution is 6.01. The van der Waals surface area contributed by atoms with Gasteiger partial charge in [-0.25, -0.2) is 22.0 Å². The van der Waals surface area contributed by atoms with Crippen LogP contribution in [0.4, 0.5) is 33.3 Å². The fourth-order valence-electron chi connectivity index (χ4n) is 3.04. The van der Waals surface area contributed by atoms with Crippen molar-refractivity contribution in [3.8, 4) is 0 Å². The third-order valence-electron chi connectivity index (χ3n) is 4.75. The van der Waals surface area contributed by atoms with E-state index < -0.39 is 59.1 Å². The highest BCUT2D eigenvalue weighted by Gasteiger charge is 2.31. The van der Waals surface area contributed by atoms with Gasteiger partial charge in [0.05, 0.1) is 19.8 Å². The molecule has 0 bridgehead atoms. The van der Waals surface area contributed by atoms with E-state index in [4.69, 9.17) is 4.74 Å². The Bertz CT molecular complexity index is 984. The van der Waals surface area contributed by atoms with Gasteiger partial charge >= 0.3 is 0 Å². The zero-order chi connectivity index (χ0) is 23.4. The van der Waals surface area contributed by atoms with Crippen LogP contribution in [0.1, 0.15) is 10.4 Å². The SMILES string of the molecule is O=C(N[C@@H](CO)C(=O)Nc1ccc(N2CCOCC2)cc1)c1c(F)c(F)c(F)c(F)c1F. The van der Waals surface area contributed by atoms with Gasteiger partial charge in [0.1, 0.15) is 11.6 Å². The van der Waals surface area contributed by atoms with Crippen molar-refractivity contribution in [3.05, 3.63) is 58.9 Å². The molecule has 1 atom stereocenters. The number of amides is 2. The fourth-order valence-corrected chi connectivity index (χ4v) is 3.04. The number of aliphatic hydroxyl groups excluding tert-OH is 1. The Morgan fingerprint density at radius 3 is 2.00 bits per heavy atom. The van der Waals surface area contributed by atoms with Crippen LogP contribution in [0.3, 0.4) is 0 Å². The van der Waals surface area contributed by atoms with Gasteiger partial charge in [-0.1, -0.05) is 0 Å². The number of aliphatic hydroxyl groups is 1. The molecule has 0 saturated carbocycles. The largest absolute Gasteiger partial charge is 0.394 e. The minimum Gasteiger partial charge on any atom is -0.394 e. The van der Waals surface area contributed by atoms with Crippen molar-refractivity contribution in [2.45, 2.75) is 6.04 Å². The molecular formula is C20H18F5N3O4. The molecule has 0 aromatic heterocycles. The lowest BCUT2D eigenvalue weighted by Gasteiger charge is -2.29. The highest BCUT2D eigenvalue weighted by Crippen LogP contribution is 2.23. The average Bonchev–Trinajstić information content (AvgIpc) is 2.81. The summed E-state index contributed by atoms with van der Waals surface area (Å²) in [6, 6.07) is 4.84. The molecule has 3 N–H and O–H groups in total. The van der Waals surface area contributed by atoms with E-state index in [1.807, 2.05) is 0 Å². The summed E-state index contributed by atoms with van der Waals surface area (Å²) in [5.74, 6) is -14.5. The zero-order valence-corrected chi connectivity index (χ0v) is 16.4. The van der Waals surface area contributed by atoms with E-state index in [2.05, 4.69) is 10.2 Å². The average molecular weight is 459 g/mol. The van der Waals surface area contributed by atoms with E-state index >= 15 is 0 Å². The summed E-state index contributed by atoms with van der Waals surface area (Å²) in [7, 11) is 0. The third kappa shape index (κ3) is 4.81. The number of benzene rings is 2. The number of carbonyl (C=O) groups is 2. The maximum absolute atomic E-state index is 13.8. The predicted octanol–water partition coefficient (Wildman–Crippen LogP) is 1.95. The molecule has 32 heavy (non-hydrogen) atoms. The number of halogens is 5. The quantitative estimate of drug-likeness (QED) is 0.349. The standard InChI is InChI=1S/C20H18F5N3O4/c21-14-13(15(22)17(24)18(25)16(14)23)20(31)27-12(9-29)19(30)26-10-1-3-11(4-2-10)28-5-7-32-8-6-28/h1-4,12,29H,5-9H2,(H,26,30)(H,27,31)/t12-/m0/s1. The number of hydrogen-bond donors (Lipinski definition) is 3. The Morgan fingerprint density at radius 2 is 1.47 bits per heavy atom. The normalized spacial score (nSPS) is 14.8. The number of nitrogens with zero attached hydrogens (tertiary/aromatic N) is 1.